The lowest BCUT2D eigenvalue weighted by Gasteiger charge is -2.14. The van der Waals surface area contributed by atoms with E-state index in [1.807, 2.05) is 12.1 Å². The molecule has 0 bridgehead atoms. The second kappa shape index (κ2) is 7.83. The molecule has 0 unspecified atom stereocenters. The molecule has 6 heteroatoms. The molecular formula is C15H24N4O2. The number of nitrogens with one attached hydrogen (secondary N) is 2. The number of carbonyl (C=O) groups is 1. The van der Waals surface area contributed by atoms with Crippen LogP contribution in [0.15, 0.2) is 18.3 Å². The Bertz CT molecular complexity index is 467. The summed E-state index contributed by atoms with van der Waals surface area (Å²) in [6, 6.07) is 3.58. The third-order valence-corrected chi connectivity index (χ3v) is 3.85. The Morgan fingerprint density at radius 1 is 1.52 bits per heavy atom. The number of ether oxygens (including phenoxy) is 1. The zero-order valence-electron chi connectivity index (χ0n) is 12.8. The number of nitrogens with zero attached hydrogens (tertiary/aromatic N) is 2. The van der Waals surface area contributed by atoms with Crippen LogP contribution in [-0.4, -0.2) is 49.2 Å². The molecule has 1 aliphatic heterocycles. The van der Waals surface area contributed by atoms with Gasteiger partial charge < -0.3 is 20.3 Å². The highest BCUT2D eigenvalue weighted by atomic mass is 16.5. The molecule has 2 heterocycles. The maximum atomic E-state index is 11.8. The van der Waals surface area contributed by atoms with E-state index in [9.17, 15) is 4.79 Å². The molecule has 2 N–H and O–H groups in total. The van der Waals surface area contributed by atoms with Crippen LogP contribution in [0.4, 0.5) is 4.79 Å². The first-order chi connectivity index (χ1) is 10.2. The summed E-state index contributed by atoms with van der Waals surface area (Å²) < 4.78 is 5.15. The number of methoxy groups -OCH3 is 1. The van der Waals surface area contributed by atoms with E-state index in [0.717, 1.165) is 38.2 Å². The molecule has 1 atom stereocenters. The van der Waals surface area contributed by atoms with Crippen molar-refractivity contribution in [2.75, 3.05) is 33.3 Å². The summed E-state index contributed by atoms with van der Waals surface area (Å²) in [5, 5.41) is 5.78. The van der Waals surface area contributed by atoms with Crippen molar-refractivity contribution in [2.45, 2.75) is 19.9 Å². The average molecular weight is 292 g/mol. The monoisotopic (exact) mass is 292 g/mol. The van der Waals surface area contributed by atoms with Gasteiger partial charge in [-0.3, -0.25) is 0 Å². The van der Waals surface area contributed by atoms with Gasteiger partial charge in [-0.05, 0) is 31.5 Å². The molecule has 0 aromatic carbocycles. The van der Waals surface area contributed by atoms with Crippen molar-refractivity contribution >= 4 is 6.03 Å². The molecule has 1 fully saturated rings. The maximum absolute atomic E-state index is 11.8. The summed E-state index contributed by atoms with van der Waals surface area (Å²) in [6.07, 6.45) is 2.83. The normalized spacial score (nSPS) is 18.5. The van der Waals surface area contributed by atoms with Crippen LogP contribution >= 0.6 is 0 Å². The van der Waals surface area contributed by atoms with Gasteiger partial charge in [0, 0.05) is 31.4 Å². The van der Waals surface area contributed by atoms with E-state index in [0.29, 0.717) is 18.3 Å². The third kappa shape index (κ3) is 4.60. The van der Waals surface area contributed by atoms with Crippen LogP contribution in [0.5, 0.6) is 5.88 Å². The lowest BCUT2D eigenvalue weighted by atomic mass is 10.1. The minimum absolute atomic E-state index is 0.143. The van der Waals surface area contributed by atoms with E-state index in [-0.39, 0.29) is 6.03 Å². The lowest BCUT2D eigenvalue weighted by Crippen LogP contribution is -2.38. The van der Waals surface area contributed by atoms with Gasteiger partial charge in [0.2, 0.25) is 5.88 Å². The molecule has 6 nitrogen and oxygen atoms in total. The Labute approximate surface area is 125 Å². The Kier molecular flexibility index (Phi) is 5.80. The van der Waals surface area contributed by atoms with Gasteiger partial charge >= 0.3 is 6.03 Å². The SMILES string of the molecule is CCN1CC[C@@H](CNC(=O)NCc2cccnc2OC)C1. The van der Waals surface area contributed by atoms with E-state index < -0.39 is 0 Å². The number of likely N-dealkylation sites (tertiary alicyclic amines) is 1. The highest BCUT2D eigenvalue weighted by Gasteiger charge is 2.21. The Balaban J connectivity index is 1.70. The molecule has 0 radical (unpaired) electrons. The molecular weight excluding hydrogens is 268 g/mol. The number of rotatable bonds is 6. The predicted octanol–water partition coefficient (Wildman–Crippen LogP) is 1.23. The fourth-order valence-corrected chi connectivity index (χ4v) is 2.58. The van der Waals surface area contributed by atoms with Gasteiger partial charge in [0.05, 0.1) is 7.11 Å². The molecule has 1 aromatic rings. The maximum Gasteiger partial charge on any atom is 0.315 e. The number of urea groups is 1. The Hall–Kier alpha value is -1.82. The average Bonchev–Trinajstić information content (AvgIpc) is 2.99. The van der Waals surface area contributed by atoms with Crippen LogP contribution in [0.25, 0.3) is 0 Å². The van der Waals surface area contributed by atoms with Gasteiger partial charge in [-0.25, -0.2) is 9.78 Å². The van der Waals surface area contributed by atoms with Gasteiger partial charge in [-0.1, -0.05) is 13.0 Å². The molecule has 2 rings (SSSR count). The van der Waals surface area contributed by atoms with E-state index in [1.54, 1.807) is 13.3 Å². The van der Waals surface area contributed by atoms with Gasteiger partial charge in [0.15, 0.2) is 0 Å². The first-order valence-electron chi connectivity index (χ1n) is 7.44. The smallest absolute Gasteiger partial charge is 0.315 e. The van der Waals surface area contributed by atoms with Crippen molar-refractivity contribution in [3.05, 3.63) is 23.9 Å². The lowest BCUT2D eigenvalue weighted by molar-refractivity contribution is 0.238. The van der Waals surface area contributed by atoms with Gasteiger partial charge in [0.1, 0.15) is 0 Å². The van der Waals surface area contributed by atoms with Crippen molar-refractivity contribution in [3.8, 4) is 5.88 Å². The fraction of sp³-hybridized carbons (Fsp3) is 0.600. The summed E-state index contributed by atoms with van der Waals surface area (Å²) in [4.78, 5) is 18.3. The van der Waals surface area contributed by atoms with Crippen LogP contribution < -0.4 is 15.4 Å². The van der Waals surface area contributed by atoms with E-state index >= 15 is 0 Å². The zero-order chi connectivity index (χ0) is 15.1. The number of carbonyl (C=O) groups excluding carboxylic acids is 1. The third-order valence-electron chi connectivity index (χ3n) is 3.85. The topological polar surface area (TPSA) is 66.5 Å². The van der Waals surface area contributed by atoms with E-state index in [2.05, 4.69) is 27.4 Å². The minimum Gasteiger partial charge on any atom is -0.481 e. The van der Waals surface area contributed by atoms with Crippen molar-refractivity contribution in [1.82, 2.24) is 20.5 Å². The van der Waals surface area contributed by atoms with Gasteiger partial charge in [-0.2, -0.15) is 0 Å². The number of pyridine rings is 1. The fourth-order valence-electron chi connectivity index (χ4n) is 2.58. The molecule has 116 valence electrons. The molecule has 21 heavy (non-hydrogen) atoms. The molecule has 0 saturated carbocycles. The standard InChI is InChI=1S/C15H24N4O2/c1-3-19-8-6-12(11-19)9-17-15(20)18-10-13-5-4-7-16-14(13)21-2/h4-5,7,12H,3,6,8-11H2,1-2H3,(H2,17,18,20)/t12-/m0/s1. The van der Waals surface area contributed by atoms with Crippen LogP contribution in [0.2, 0.25) is 0 Å². The van der Waals surface area contributed by atoms with Gasteiger partial charge in [-0.15, -0.1) is 0 Å². The van der Waals surface area contributed by atoms with Crippen LogP contribution in [-0.2, 0) is 6.54 Å². The summed E-state index contributed by atoms with van der Waals surface area (Å²) in [7, 11) is 1.57. The molecule has 1 saturated heterocycles. The number of hydrogen-bond acceptors (Lipinski definition) is 4. The van der Waals surface area contributed by atoms with Gasteiger partial charge in [0.25, 0.3) is 0 Å². The molecule has 1 aliphatic rings. The number of aromatic nitrogens is 1. The predicted molar refractivity (Wildman–Crippen MR) is 81.2 cm³/mol. The molecule has 0 aliphatic carbocycles. The first-order valence-corrected chi connectivity index (χ1v) is 7.44. The van der Waals surface area contributed by atoms with Crippen molar-refractivity contribution < 1.29 is 9.53 Å². The van der Waals surface area contributed by atoms with Crippen molar-refractivity contribution in [1.29, 1.82) is 0 Å². The molecule has 2 amide bonds. The number of amides is 2. The Morgan fingerprint density at radius 2 is 2.38 bits per heavy atom. The quantitative estimate of drug-likeness (QED) is 0.827. The second-order valence-electron chi connectivity index (χ2n) is 5.28. The first kappa shape index (κ1) is 15.6. The summed E-state index contributed by atoms with van der Waals surface area (Å²) in [5.74, 6) is 1.11. The summed E-state index contributed by atoms with van der Waals surface area (Å²) >= 11 is 0. The highest BCUT2D eigenvalue weighted by Crippen LogP contribution is 2.15. The summed E-state index contributed by atoms with van der Waals surface area (Å²) in [6.45, 7) is 6.61. The Morgan fingerprint density at radius 3 is 3.10 bits per heavy atom. The molecule has 1 aromatic heterocycles. The molecule has 0 spiro atoms. The van der Waals surface area contributed by atoms with E-state index in [4.69, 9.17) is 4.74 Å². The minimum atomic E-state index is -0.143. The van der Waals surface area contributed by atoms with E-state index in [1.165, 1.54) is 0 Å². The highest BCUT2D eigenvalue weighted by molar-refractivity contribution is 5.73. The van der Waals surface area contributed by atoms with Crippen molar-refractivity contribution in [3.63, 3.8) is 0 Å². The van der Waals surface area contributed by atoms with Crippen LogP contribution in [0.1, 0.15) is 18.9 Å². The zero-order valence-corrected chi connectivity index (χ0v) is 12.8. The van der Waals surface area contributed by atoms with Crippen molar-refractivity contribution in [2.24, 2.45) is 5.92 Å². The number of hydrogen-bond donors (Lipinski definition) is 2. The van der Waals surface area contributed by atoms with Crippen LogP contribution in [0.3, 0.4) is 0 Å². The van der Waals surface area contributed by atoms with Crippen LogP contribution in [0, 0.1) is 5.92 Å². The second-order valence-corrected chi connectivity index (χ2v) is 5.28. The largest absolute Gasteiger partial charge is 0.481 e. The summed E-state index contributed by atoms with van der Waals surface area (Å²) in [5.41, 5.74) is 0.869.